The van der Waals surface area contributed by atoms with Gasteiger partial charge in [0.2, 0.25) is 11.8 Å². The summed E-state index contributed by atoms with van der Waals surface area (Å²) in [6, 6.07) is -0.676. The standard InChI is InChI=1S/C55H100N4O8S3/c1-4-7-10-13-16-17-18-19-20-23-28-41-66-53(62)34-46-69-44-32-50(55(64)57-37-39-59-38-36-56-48-59)58-51(60)30-25-24-29-49(70-47-35-54(63)67-42-27-22-15-12-9-6-3)31-43-68-45-33-52(61)65-40-26-21-14-11-8-5-2/h36,38,48-50H,4-35,37,39-47H2,1-3H3,(H,57,64)(H,58,60). The largest absolute Gasteiger partial charge is 0.466 e. The monoisotopic (exact) mass is 1040 g/mol. The van der Waals surface area contributed by atoms with E-state index in [0.717, 1.165) is 69.3 Å². The maximum Gasteiger partial charge on any atom is 0.306 e. The summed E-state index contributed by atoms with van der Waals surface area (Å²) in [5, 5.41) is 6.30. The SMILES string of the molecule is CCCCCCCCCCCCCOC(=O)CCSCCC(NC(=O)CCCCC(CCSCCC(=O)OCCCCCCCC)SCCC(=O)OCCCCCCCC)C(=O)NCCn1ccnc1. The summed E-state index contributed by atoms with van der Waals surface area (Å²) in [7, 11) is 0. The first kappa shape index (κ1) is 65.6. The van der Waals surface area contributed by atoms with E-state index in [1.165, 1.54) is 109 Å². The van der Waals surface area contributed by atoms with E-state index in [1.807, 2.05) is 10.8 Å². The van der Waals surface area contributed by atoms with Crippen molar-refractivity contribution in [3.8, 4) is 0 Å². The minimum atomic E-state index is -0.676. The van der Waals surface area contributed by atoms with Gasteiger partial charge in [-0.15, -0.1) is 0 Å². The van der Waals surface area contributed by atoms with Gasteiger partial charge in [0.15, 0.2) is 0 Å². The molecule has 0 aromatic carbocycles. The third-order valence-corrected chi connectivity index (χ3v) is 15.7. The van der Waals surface area contributed by atoms with Crippen LogP contribution in [0.4, 0.5) is 0 Å². The van der Waals surface area contributed by atoms with E-state index >= 15 is 0 Å². The number of nitrogens with one attached hydrogen (secondary N) is 2. The molecule has 1 aromatic rings. The number of rotatable bonds is 52. The van der Waals surface area contributed by atoms with Crippen LogP contribution in [0.2, 0.25) is 0 Å². The summed E-state index contributed by atoms with van der Waals surface area (Å²) in [4.78, 5) is 67.9. The predicted molar refractivity (Wildman–Crippen MR) is 296 cm³/mol. The highest BCUT2D eigenvalue weighted by Gasteiger charge is 2.21. The van der Waals surface area contributed by atoms with Crippen LogP contribution in [0.25, 0.3) is 0 Å². The van der Waals surface area contributed by atoms with E-state index < -0.39 is 6.04 Å². The lowest BCUT2D eigenvalue weighted by atomic mass is 10.1. The van der Waals surface area contributed by atoms with E-state index in [4.69, 9.17) is 14.2 Å². The quantitative estimate of drug-likeness (QED) is 0.0362. The second-order valence-electron chi connectivity index (χ2n) is 18.7. The number of ether oxygens (including phenoxy) is 3. The van der Waals surface area contributed by atoms with Gasteiger partial charge in [0.25, 0.3) is 0 Å². The number of aromatic nitrogens is 2. The van der Waals surface area contributed by atoms with Crippen molar-refractivity contribution < 1.29 is 38.2 Å². The van der Waals surface area contributed by atoms with Gasteiger partial charge in [-0.1, -0.05) is 156 Å². The average molecular weight is 1040 g/mol. The molecule has 70 heavy (non-hydrogen) atoms. The number of nitrogens with zero attached hydrogens (tertiary/aromatic N) is 2. The molecular formula is C55H100N4O8S3. The Balaban J connectivity index is 2.53. The second-order valence-corrected chi connectivity index (χ2v) is 22.6. The van der Waals surface area contributed by atoms with Crippen molar-refractivity contribution in [3.63, 3.8) is 0 Å². The summed E-state index contributed by atoms with van der Waals surface area (Å²) in [6.07, 6.45) is 38.1. The number of carbonyl (C=O) groups excluding carboxylic acids is 5. The molecule has 1 rings (SSSR count). The van der Waals surface area contributed by atoms with Gasteiger partial charge >= 0.3 is 17.9 Å². The minimum Gasteiger partial charge on any atom is -0.466 e. The Morgan fingerprint density at radius 1 is 0.514 bits per heavy atom. The Morgan fingerprint density at radius 3 is 1.44 bits per heavy atom. The molecule has 1 heterocycles. The maximum atomic E-state index is 13.3. The molecule has 2 amide bonds. The molecule has 0 radical (unpaired) electrons. The summed E-state index contributed by atoms with van der Waals surface area (Å²) in [5.74, 6) is 2.72. The van der Waals surface area contributed by atoms with Gasteiger partial charge in [0, 0.05) is 54.4 Å². The maximum absolute atomic E-state index is 13.3. The van der Waals surface area contributed by atoms with Crippen molar-refractivity contribution in [2.75, 3.05) is 55.1 Å². The zero-order valence-electron chi connectivity index (χ0n) is 44.5. The van der Waals surface area contributed by atoms with Crippen LogP contribution in [0.15, 0.2) is 18.7 Å². The van der Waals surface area contributed by atoms with Crippen molar-refractivity contribution in [3.05, 3.63) is 18.7 Å². The number of amides is 2. The van der Waals surface area contributed by atoms with Crippen LogP contribution in [0, 0.1) is 0 Å². The van der Waals surface area contributed by atoms with Crippen molar-refractivity contribution in [1.29, 1.82) is 0 Å². The highest BCUT2D eigenvalue weighted by molar-refractivity contribution is 8.00. The summed E-state index contributed by atoms with van der Waals surface area (Å²) in [6.45, 7) is 9.12. The van der Waals surface area contributed by atoms with E-state index in [2.05, 4.69) is 36.4 Å². The molecule has 0 bridgehead atoms. The Hall–Kier alpha value is -2.39. The zero-order chi connectivity index (χ0) is 50.8. The molecule has 12 nitrogen and oxygen atoms in total. The van der Waals surface area contributed by atoms with Crippen LogP contribution in [0.1, 0.15) is 226 Å². The Labute approximate surface area is 439 Å². The topological polar surface area (TPSA) is 155 Å². The molecule has 0 saturated heterocycles. The van der Waals surface area contributed by atoms with Crippen LogP contribution >= 0.6 is 35.3 Å². The number of hydrogen-bond acceptors (Lipinski definition) is 12. The molecule has 1 aromatic heterocycles. The molecular weight excluding hydrogens is 941 g/mol. The number of thioether (sulfide) groups is 3. The number of imidazole rings is 1. The Bertz CT molecular complexity index is 1390. The second kappa shape index (κ2) is 50.2. The van der Waals surface area contributed by atoms with Crippen LogP contribution in [0.5, 0.6) is 0 Å². The Kier molecular flexibility index (Phi) is 47.0. The molecule has 0 saturated carbocycles. The molecule has 0 aliphatic carbocycles. The van der Waals surface area contributed by atoms with Gasteiger partial charge in [-0.25, -0.2) is 4.98 Å². The first-order valence-corrected chi connectivity index (χ1v) is 31.4. The fourth-order valence-corrected chi connectivity index (χ4v) is 11.2. The zero-order valence-corrected chi connectivity index (χ0v) is 46.9. The number of hydrogen-bond donors (Lipinski definition) is 2. The van der Waals surface area contributed by atoms with Gasteiger partial charge in [0.1, 0.15) is 6.04 Å². The lowest BCUT2D eigenvalue weighted by molar-refractivity contribution is -0.144. The summed E-state index contributed by atoms with van der Waals surface area (Å²) < 4.78 is 18.4. The highest BCUT2D eigenvalue weighted by Crippen LogP contribution is 2.25. The third-order valence-electron chi connectivity index (χ3n) is 12.3. The molecule has 0 aliphatic heterocycles. The van der Waals surface area contributed by atoms with E-state index in [0.29, 0.717) is 93.9 Å². The van der Waals surface area contributed by atoms with E-state index in [9.17, 15) is 24.0 Å². The van der Waals surface area contributed by atoms with Crippen LogP contribution in [0.3, 0.4) is 0 Å². The highest BCUT2D eigenvalue weighted by atomic mass is 32.2. The van der Waals surface area contributed by atoms with Gasteiger partial charge in [-0.2, -0.15) is 35.3 Å². The molecule has 0 spiro atoms. The van der Waals surface area contributed by atoms with E-state index in [-0.39, 0.29) is 29.7 Å². The predicted octanol–water partition coefficient (Wildman–Crippen LogP) is 13.2. The average Bonchev–Trinajstić information content (AvgIpc) is 3.88. The van der Waals surface area contributed by atoms with Gasteiger partial charge in [-0.3, -0.25) is 24.0 Å². The van der Waals surface area contributed by atoms with Gasteiger partial charge < -0.3 is 29.4 Å². The molecule has 406 valence electrons. The van der Waals surface area contributed by atoms with Gasteiger partial charge in [0.05, 0.1) is 45.4 Å². The summed E-state index contributed by atoms with van der Waals surface area (Å²) >= 11 is 5.15. The van der Waals surface area contributed by atoms with Crippen molar-refractivity contribution in [2.24, 2.45) is 0 Å². The normalized spacial score (nSPS) is 12.1. The fraction of sp³-hybridized carbons (Fsp3) is 0.855. The lowest BCUT2D eigenvalue weighted by Gasteiger charge is -2.19. The third kappa shape index (κ3) is 43.2. The van der Waals surface area contributed by atoms with Crippen molar-refractivity contribution >= 4 is 65.0 Å². The molecule has 15 heteroatoms. The Morgan fingerprint density at radius 2 is 0.971 bits per heavy atom. The molecule has 0 aliphatic rings. The number of carbonyl (C=O) groups is 5. The fourth-order valence-electron chi connectivity index (χ4n) is 7.90. The molecule has 2 unspecified atom stereocenters. The van der Waals surface area contributed by atoms with Crippen LogP contribution < -0.4 is 10.6 Å². The number of esters is 3. The smallest absolute Gasteiger partial charge is 0.306 e. The van der Waals surface area contributed by atoms with Gasteiger partial charge in [-0.05, 0) is 56.5 Å². The lowest BCUT2D eigenvalue weighted by Crippen LogP contribution is -2.47. The molecule has 0 fully saturated rings. The van der Waals surface area contributed by atoms with Crippen LogP contribution in [-0.2, 0) is 44.7 Å². The first-order valence-electron chi connectivity index (χ1n) is 28.1. The van der Waals surface area contributed by atoms with Crippen LogP contribution in [-0.4, -0.2) is 106 Å². The van der Waals surface area contributed by atoms with E-state index in [1.54, 1.807) is 47.8 Å². The first-order chi connectivity index (χ1) is 34.3. The molecule has 2 N–H and O–H groups in total. The summed E-state index contributed by atoms with van der Waals surface area (Å²) in [5.41, 5.74) is 0. The minimum absolute atomic E-state index is 0.125. The number of unbranched alkanes of at least 4 members (excludes halogenated alkanes) is 21. The van der Waals surface area contributed by atoms with Crippen molar-refractivity contribution in [2.45, 2.75) is 244 Å². The molecule has 2 atom stereocenters. The van der Waals surface area contributed by atoms with Crippen molar-refractivity contribution in [1.82, 2.24) is 20.2 Å².